The molecule has 6 nitrogen and oxygen atoms in total. The number of hydrogen-bond acceptors (Lipinski definition) is 4. The lowest BCUT2D eigenvalue weighted by molar-refractivity contribution is -0.135. The third-order valence-electron chi connectivity index (χ3n) is 6.61. The lowest BCUT2D eigenvalue weighted by Gasteiger charge is -2.37. The van der Waals surface area contributed by atoms with Gasteiger partial charge in [0.1, 0.15) is 0 Å². The first-order valence-electron chi connectivity index (χ1n) is 12.7. The highest BCUT2D eigenvalue weighted by molar-refractivity contribution is 8.01. The standard InChI is InChI=1S/C26H39N3O3S/c1-3-5-6-7-8-9-10-15-23(30)27-20-16-18-28(19-17-20)25(31)24-26(32)29(4-2)21-13-11-12-14-22(21)33-24/h11-14,20,24H,3-10,15-19H2,1-2H3,(H,27,30). The Hall–Kier alpha value is -2.02. The molecule has 1 fully saturated rings. The number of nitrogens with zero attached hydrogens (tertiary/aromatic N) is 2. The molecule has 0 aliphatic carbocycles. The number of carbonyl (C=O) groups is 3. The zero-order valence-electron chi connectivity index (χ0n) is 20.2. The Morgan fingerprint density at radius 1 is 1.00 bits per heavy atom. The van der Waals surface area contributed by atoms with Crippen LogP contribution >= 0.6 is 11.8 Å². The minimum Gasteiger partial charge on any atom is -0.353 e. The number of unbranched alkanes of at least 4 members (excludes halogenated alkanes) is 6. The van der Waals surface area contributed by atoms with E-state index in [1.807, 2.05) is 31.2 Å². The summed E-state index contributed by atoms with van der Waals surface area (Å²) >= 11 is 1.36. The summed E-state index contributed by atoms with van der Waals surface area (Å²) in [6.07, 6.45) is 10.5. The zero-order valence-corrected chi connectivity index (χ0v) is 21.0. The fourth-order valence-corrected chi connectivity index (χ4v) is 5.84. The predicted molar refractivity (Wildman–Crippen MR) is 134 cm³/mol. The van der Waals surface area contributed by atoms with E-state index in [0.717, 1.165) is 36.3 Å². The third-order valence-corrected chi connectivity index (χ3v) is 7.85. The zero-order chi connectivity index (χ0) is 23.6. The van der Waals surface area contributed by atoms with Gasteiger partial charge < -0.3 is 15.1 Å². The molecule has 1 unspecified atom stereocenters. The van der Waals surface area contributed by atoms with Crippen molar-refractivity contribution in [2.45, 2.75) is 94.2 Å². The number of benzene rings is 1. The molecule has 2 aliphatic rings. The molecule has 0 radical (unpaired) electrons. The molecular formula is C26H39N3O3S. The van der Waals surface area contributed by atoms with Crippen molar-refractivity contribution in [3.8, 4) is 0 Å². The maximum atomic E-state index is 13.2. The van der Waals surface area contributed by atoms with Gasteiger partial charge in [0.25, 0.3) is 0 Å². The van der Waals surface area contributed by atoms with Crippen molar-refractivity contribution in [1.29, 1.82) is 0 Å². The molecule has 0 aromatic heterocycles. The van der Waals surface area contributed by atoms with Gasteiger partial charge in [-0.05, 0) is 38.3 Å². The predicted octanol–water partition coefficient (Wildman–Crippen LogP) is 4.76. The molecular weight excluding hydrogens is 434 g/mol. The number of rotatable bonds is 11. The second-order valence-electron chi connectivity index (χ2n) is 9.09. The largest absolute Gasteiger partial charge is 0.353 e. The normalized spacial score (nSPS) is 18.8. The third kappa shape index (κ3) is 6.98. The molecule has 1 N–H and O–H groups in total. The average Bonchev–Trinajstić information content (AvgIpc) is 2.83. The van der Waals surface area contributed by atoms with Crippen molar-refractivity contribution in [3.05, 3.63) is 24.3 Å². The first-order valence-corrected chi connectivity index (χ1v) is 13.6. The van der Waals surface area contributed by atoms with Crippen LogP contribution in [0.4, 0.5) is 5.69 Å². The molecule has 182 valence electrons. The van der Waals surface area contributed by atoms with E-state index in [-0.39, 0.29) is 23.8 Å². The van der Waals surface area contributed by atoms with Gasteiger partial charge in [0.15, 0.2) is 5.25 Å². The van der Waals surface area contributed by atoms with Crippen LogP contribution in [0, 0.1) is 0 Å². The molecule has 3 amide bonds. The van der Waals surface area contributed by atoms with Gasteiger partial charge in [-0.25, -0.2) is 0 Å². The quantitative estimate of drug-likeness (QED) is 0.372. The summed E-state index contributed by atoms with van der Waals surface area (Å²) in [5.74, 6) is -0.108. The highest BCUT2D eigenvalue weighted by atomic mass is 32.2. The maximum Gasteiger partial charge on any atom is 0.250 e. The van der Waals surface area contributed by atoms with Crippen LogP contribution in [0.1, 0.15) is 78.1 Å². The molecule has 0 spiro atoms. The van der Waals surface area contributed by atoms with Crippen LogP contribution in [0.3, 0.4) is 0 Å². The minimum atomic E-state index is -0.719. The molecule has 0 bridgehead atoms. The lowest BCUT2D eigenvalue weighted by atomic mass is 10.0. The Bertz CT molecular complexity index is 808. The van der Waals surface area contributed by atoms with Crippen molar-refractivity contribution < 1.29 is 14.4 Å². The molecule has 1 aromatic rings. The number of amides is 3. The Morgan fingerprint density at radius 3 is 2.36 bits per heavy atom. The number of hydrogen-bond donors (Lipinski definition) is 1. The fraction of sp³-hybridized carbons (Fsp3) is 0.654. The van der Waals surface area contributed by atoms with Crippen molar-refractivity contribution in [2.24, 2.45) is 0 Å². The number of thioether (sulfide) groups is 1. The maximum absolute atomic E-state index is 13.2. The molecule has 7 heteroatoms. The summed E-state index contributed by atoms with van der Waals surface area (Å²) in [4.78, 5) is 43.0. The number of anilines is 1. The summed E-state index contributed by atoms with van der Waals surface area (Å²) in [7, 11) is 0. The van der Waals surface area contributed by atoms with Crippen molar-refractivity contribution >= 4 is 35.2 Å². The van der Waals surface area contributed by atoms with Gasteiger partial charge in [-0.3, -0.25) is 14.4 Å². The van der Waals surface area contributed by atoms with E-state index in [1.165, 1.54) is 43.9 Å². The van der Waals surface area contributed by atoms with Crippen molar-refractivity contribution in [2.75, 3.05) is 24.5 Å². The first-order chi connectivity index (χ1) is 16.0. The van der Waals surface area contributed by atoms with Crippen LogP contribution in [0.2, 0.25) is 0 Å². The van der Waals surface area contributed by atoms with Crippen LogP contribution in [0.15, 0.2) is 29.2 Å². The smallest absolute Gasteiger partial charge is 0.250 e. The Labute approximate surface area is 202 Å². The van der Waals surface area contributed by atoms with E-state index in [9.17, 15) is 14.4 Å². The van der Waals surface area contributed by atoms with Gasteiger partial charge >= 0.3 is 0 Å². The van der Waals surface area contributed by atoms with Gasteiger partial charge in [-0.15, -0.1) is 11.8 Å². The van der Waals surface area contributed by atoms with Crippen LogP contribution in [0.25, 0.3) is 0 Å². The highest BCUT2D eigenvalue weighted by Crippen LogP contribution is 2.39. The van der Waals surface area contributed by atoms with Gasteiger partial charge in [0, 0.05) is 37.0 Å². The van der Waals surface area contributed by atoms with Crippen LogP contribution < -0.4 is 10.2 Å². The van der Waals surface area contributed by atoms with Crippen molar-refractivity contribution in [1.82, 2.24) is 10.2 Å². The number of carbonyl (C=O) groups excluding carboxylic acids is 3. The van der Waals surface area contributed by atoms with E-state index in [4.69, 9.17) is 0 Å². The Morgan fingerprint density at radius 2 is 1.67 bits per heavy atom. The average molecular weight is 474 g/mol. The number of fused-ring (bicyclic) bond motifs is 1. The monoisotopic (exact) mass is 473 g/mol. The van der Waals surface area contributed by atoms with E-state index in [0.29, 0.717) is 26.1 Å². The summed E-state index contributed by atoms with van der Waals surface area (Å²) < 4.78 is 0. The number of likely N-dealkylation sites (tertiary alicyclic amines) is 1. The van der Waals surface area contributed by atoms with Crippen LogP contribution in [-0.4, -0.2) is 53.5 Å². The fourth-order valence-electron chi connectivity index (χ4n) is 4.65. The van der Waals surface area contributed by atoms with Gasteiger partial charge in [-0.2, -0.15) is 0 Å². The highest BCUT2D eigenvalue weighted by Gasteiger charge is 2.40. The molecule has 1 saturated heterocycles. The molecule has 3 rings (SSSR count). The Kier molecular flexibility index (Phi) is 10.1. The lowest BCUT2D eigenvalue weighted by Crippen LogP contribution is -2.53. The topological polar surface area (TPSA) is 69.7 Å². The van der Waals surface area contributed by atoms with Crippen molar-refractivity contribution in [3.63, 3.8) is 0 Å². The summed E-state index contributed by atoms with van der Waals surface area (Å²) in [6, 6.07) is 7.89. The van der Waals surface area contributed by atoms with E-state index in [2.05, 4.69) is 12.2 Å². The summed E-state index contributed by atoms with van der Waals surface area (Å²) in [5, 5.41) is 2.43. The molecule has 0 saturated carbocycles. The second kappa shape index (κ2) is 13.0. The van der Waals surface area contributed by atoms with E-state index < -0.39 is 5.25 Å². The minimum absolute atomic E-state index is 0.106. The van der Waals surface area contributed by atoms with Gasteiger partial charge in [0.2, 0.25) is 17.7 Å². The number of piperidine rings is 1. The van der Waals surface area contributed by atoms with E-state index in [1.54, 1.807) is 9.80 Å². The molecule has 1 atom stereocenters. The van der Waals surface area contributed by atoms with Crippen LogP contribution in [-0.2, 0) is 14.4 Å². The first kappa shape index (κ1) is 25.6. The molecule has 33 heavy (non-hydrogen) atoms. The van der Waals surface area contributed by atoms with Gasteiger partial charge in [-0.1, -0.05) is 57.6 Å². The summed E-state index contributed by atoms with van der Waals surface area (Å²) in [5.41, 5.74) is 0.890. The number of nitrogens with one attached hydrogen (secondary N) is 1. The molecule has 1 aromatic carbocycles. The number of para-hydroxylation sites is 1. The van der Waals surface area contributed by atoms with Crippen LogP contribution in [0.5, 0.6) is 0 Å². The Balaban J connectivity index is 1.41. The molecule has 2 aliphatic heterocycles. The van der Waals surface area contributed by atoms with E-state index >= 15 is 0 Å². The SMILES string of the molecule is CCCCCCCCCC(=O)NC1CCN(C(=O)C2Sc3ccccc3N(CC)C2=O)CC1. The second-order valence-corrected chi connectivity index (χ2v) is 10.2. The molecule has 2 heterocycles. The summed E-state index contributed by atoms with van der Waals surface area (Å²) in [6.45, 7) is 5.87. The van der Waals surface area contributed by atoms with Gasteiger partial charge in [0.05, 0.1) is 5.69 Å².